The minimum atomic E-state index is -0.871. The lowest BCUT2D eigenvalue weighted by Crippen LogP contribution is -2.24. The number of carbonyl (C=O) groups excluding carboxylic acids is 2. The molecule has 5 nitrogen and oxygen atoms in total. The largest absolute Gasteiger partial charge is 0.508 e. The molecule has 0 saturated carbocycles. The van der Waals surface area contributed by atoms with Crippen molar-refractivity contribution in [1.29, 1.82) is 0 Å². The molecule has 1 aliphatic rings. The van der Waals surface area contributed by atoms with Gasteiger partial charge in [-0.3, -0.25) is 9.59 Å². The van der Waals surface area contributed by atoms with Gasteiger partial charge in [-0.05, 0) is 53.0 Å². The molecule has 0 bridgehead atoms. The maximum absolute atomic E-state index is 12.4. The van der Waals surface area contributed by atoms with Gasteiger partial charge in [-0.1, -0.05) is 23.3 Å². The van der Waals surface area contributed by atoms with Crippen LogP contribution >= 0.6 is 0 Å². The Morgan fingerprint density at radius 2 is 1.69 bits per heavy atom. The van der Waals surface area contributed by atoms with Gasteiger partial charge in [0.25, 0.3) is 0 Å². The van der Waals surface area contributed by atoms with Crippen LogP contribution in [0.3, 0.4) is 0 Å². The second kappa shape index (κ2) is 7.60. The standard InChI is InChI=1S/C21H24O5/c1-11(2)6-5-7-12(3)8-9-14-19(24)15-10-16(22)13(4)18(23)17(15)21(26)20(14)25/h6,8,10,22-24H,5,7,9H2,1-4H3/b12-8+. The van der Waals surface area contributed by atoms with Gasteiger partial charge in [0, 0.05) is 16.7 Å². The van der Waals surface area contributed by atoms with E-state index in [0.29, 0.717) is 0 Å². The predicted molar refractivity (Wildman–Crippen MR) is 100 cm³/mol. The highest BCUT2D eigenvalue weighted by Gasteiger charge is 2.35. The lowest BCUT2D eigenvalue weighted by Gasteiger charge is -2.20. The van der Waals surface area contributed by atoms with Crippen LogP contribution in [0.4, 0.5) is 0 Å². The summed E-state index contributed by atoms with van der Waals surface area (Å²) in [4.78, 5) is 24.8. The van der Waals surface area contributed by atoms with Crippen LogP contribution in [-0.4, -0.2) is 26.9 Å². The van der Waals surface area contributed by atoms with Crippen LogP contribution in [0, 0.1) is 6.92 Å². The average molecular weight is 356 g/mol. The number of ketones is 2. The van der Waals surface area contributed by atoms with Crippen LogP contribution < -0.4 is 0 Å². The summed E-state index contributed by atoms with van der Waals surface area (Å²) in [5.74, 6) is -2.79. The minimum Gasteiger partial charge on any atom is -0.508 e. The molecule has 5 heteroatoms. The zero-order chi connectivity index (χ0) is 19.6. The number of hydrogen-bond acceptors (Lipinski definition) is 5. The molecule has 0 saturated heterocycles. The minimum absolute atomic E-state index is 0.0132. The Labute approximate surface area is 153 Å². The first-order chi connectivity index (χ1) is 12.1. The quantitative estimate of drug-likeness (QED) is 0.532. The molecule has 3 N–H and O–H groups in total. The lowest BCUT2D eigenvalue weighted by atomic mass is 9.85. The normalized spacial score (nSPS) is 14.5. The highest BCUT2D eigenvalue weighted by molar-refractivity contribution is 6.52. The summed E-state index contributed by atoms with van der Waals surface area (Å²) in [5, 5.41) is 30.4. The maximum Gasteiger partial charge on any atom is 0.237 e. The summed E-state index contributed by atoms with van der Waals surface area (Å²) in [6.45, 7) is 7.41. The molecule has 0 amide bonds. The molecule has 0 fully saturated rings. The molecule has 1 aromatic carbocycles. The number of hydrogen-bond donors (Lipinski definition) is 3. The molecule has 0 spiro atoms. The highest BCUT2D eigenvalue weighted by atomic mass is 16.3. The molecule has 1 aromatic rings. The van der Waals surface area contributed by atoms with E-state index in [1.165, 1.54) is 18.6 Å². The van der Waals surface area contributed by atoms with Gasteiger partial charge in [-0.2, -0.15) is 0 Å². The zero-order valence-corrected chi connectivity index (χ0v) is 15.5. The lowest BCUT2D eigenvalue weighted by molar-refractivity contribution is -0.112. The topological polar surface area (TPSA) is 94.8 Å². The van der Waals surface area contributed by atoms with Gasteiger partial charge in [-0.15, -0.1) is 0 Å². The summed E-state index contributed by atoms with van der Waals surface area (Å²) in [7, 11) is 0. The van der Waals surface area contributed by atoms with Gasteiger partial charge in [-0.25, -0.2) is 0 Å². The smallest absolute Gasteiger partial charge is 0.237 e. The summed E-state index contributed by atoms with van der Waals surface area (Å²) in [6, 6.07) is 1.20. The summed E-state index contributed by atoms with van der Waals surface area (Å²) in [6.07, 6.45) is 5.75. The molecule has 0 atom stereocenters. The maximum atomic E-state index is 12.4. The van der Waals surface area contributed by atoms with E-state index in [0.717, 1.165) is 18.4 Å². The third-order valence-electron chi connectivity index (χ3n) is 4.52. The Morgan fingerprint density at radius 1 is 1.04 bits per heavy atom. The van der Waals surface area contributed by atoms with E-state index in [1.54, 1.807) is 0 Å². The van der Waals surface area contributed by atoms with Gasteiger partial charge in [0.05, 0.1) is 5.56 Å². The molecule has 0 heterocycles. The van der Waals surface area contributed by atoms with E-state index >= 15 is 0 Å². The Kier molecular flexibility index (Phi) is 5.70. The van der Waals surface area contributed by atoms with Crippen LogP contribution in [0.1, 0.15) is 61.5 Å². The van der Waals surface area contributed by atoms with Crippen molar-refractivity contribution in [2.24, 2.45) is 0 Å². The number of allylic oxidation sites excluding steroid dienone is 5. The first-order valence-electron chi connectivity index (χ1n) is 8.51. The predicted octanol–water partition coefficient (Wildman–Crippen LogP) is 4.52. The molecule has 0 aliphatic heterocycles. The summed E-state index contributed by atoms with van der Waals surface area (Å²) in [5.41, 5.74) is 2.08. The van der Waals surface area contributed by atoms with E-state index in [-0.39, 0.29) is 40.2 Å². The van der Waals surface area contributed by atoms with Gasteiger partial charge in [0.1, 0.15) is 17.3 Å². The van der Waals surface area contributed by atoms with E-state index in [4.69, 9.17) is 0 Å². The molecule has 0 aromatic heterocycles. The molecule has 2 rings (SSSR count). The molecular weight excluding hydrogens is 332 g/mol. The number of aromatic hydroxyl groups is 2. The van der Waals surface area contributed by atoms with E-state index in [2.05, 4.69) is 6.08 Å². The fourth-order valence-corrected chi connectivity index (χ4v) is 2.85. The zero-order valence-electron chi connectivity index (χ0n) is 15.5. The Balaban J connectivity index is 2.37. The van der Waals surface area contributed by atoms with Crippen LogP contribution in [-0.2, 0) is 4.79 Å². The number of phenols is 2. The second-order valence-electron chi connectivity index (χ2n) is 6.85. The van der Waals surface area contributed by atoms with Crippen molar-refractivity contribution in [2.75, 3.05) is 0 Å². The van der Waals surface area contributed by atoms with Crippen molar-refractivity contribution < 1.29 is 24.9 Å². The van der Waals surface area contributed by atoms with Crippen molar-refractivity contribution in [2.45, 2.75) is 47.0 Å². The fraction of sp³-hybridized carbons (Fsp3) is 0.333. The number of aliphatic hydroxyl groups is 1. The number of phenolic OH excluding ortho intramolecular Hbond substituents is 2. The Bertz CT molecular complexity index is 865. The molecular formula is C21H24O5. The number of carbonyl (C=O) groups is 2. The Morgan fingerprint density at radius 3 is 2.31 bits per heavy atom. The summed E-state index contributed by atoms with van der Waals surface area (Å²) < 4.78 is 0. The third-order valence-corrected chi connectivity index (χ3v) is 4.52. The molecule has 138 valence electrons. The second-order valence-corrected chi connectivity index (χ2v) is 6.85. The summed E-state index contributed by atoms with van der Waals surface area (Å²) >= 11 is 0. The van der Waals surface area contributed by atoms with Gasteiger partial charge < -0.3 is 15.3 Å². The van der Waals surface area contributed by atoms with E-state index in [9.17, 15) is 24.9 Å². The number of fused-ring (bicyclic) bond motifs is 1. The monoisotopic (exact) mass is 356 g/mol. The van der Waals surface area contributed by atoms with E-state index < -0.39 is 17.3 Å². The van der Waals surface area contributed by atoms with Crippen molar-refractivity contribution in [3.63, 3.8) is 0 Å². The van der Waals surface area contributed by atoms with Crippen molar-refractivity contribution in [1.82, 2.24) is 0 Å². The van der Waals surface area contributed by atoms with Crippen molar-refractivity contribution >= 4 is 17.3 Å². The van der Waals surface area contributed by atoms with Crippen molar-refractivity contribution in [3.05, 3.63) is 51.6 Å². The number of benzene rings is 1. The first-order valence-corrected chi connectivity index (χ1v) is 8.51. The van der Waals surface area contributed by atoms with Crippen LogP contribution in [0.25, 0.3) is 5.76 Å². The Hall–Kier alpha value is -2.82. The van der Waals surface area contributed by atoms with Crippen molar-refractivity contribution in [3.8, 4) is 11.5 Å². The molecule has 1 aliphatic carbocycles. The number of Topliss-reactive ketones (excluding diaryl/α,β-unsaturated/α-hetero) is 2. The first kappa shape index (κ1) is 19.5. The average Bonchev–Trinajstić information content (AvgIpc) is 2.57. The number of aliphatic hydroxyl groups excluding tert-OH is 1. The van der Waals surface area contributed by atoms with E-state index in [1.807, 2.05) is 26.8 Å². The molecule has 26 heavy (non-hydrogen) atoms. The van der Waals surface area contributed by atoms with Crippen LogP contribution in [0.15, 0.2) is 34.9 Å². The van der Waals surface area contributed by atoms with Crippen LogP contribution in [0.5, 0.6) is 11.5 Å². The van der Waals surface area contributed by atoms with Gasteiger partial charge in [0.15, 0.2) is 0 Å². The molecule has 0 unspecified atom stereocenters. The number of rotatable bonds is 5. The van der Waals surface area contributed by atoms with Gasteiger partial charge in [0.2, 0.25) is 11.6 Å². The molecule has 0 radical (unpaired) electrons. The van der Waals surface area contributed by atoms with Gasteiger partial charge >= 0.3 is 0 Å². The van der Waals surface area contributed by atoms with Crippen LogP contribution in [0.2, 0.25) is 0 Å². The fourth-order valence-electron chi connectivity index (χ4n) is 2.85. The third kappa shape index (κ3) is 3.72. The SMILES string of the molecule is CC(C)=CCC/C(C)=C/CC1=C(O)c2cc(O)c(C)c(O)c2C(=O)C1=O. The highest BCUT2D eigenvalue weighted by Crippen LogP contribution is 2.40.